The first-order valence-electron chi connectivity index (χ1n) is 11.1. The molecule has 188 valence electrons. The number of hydrogen-bond donors (Lipinski definition) is 2. The van der Waals surface area contributed by atoms with Crippen LogP contribution in [0, 0.1) is 0 Å². The highest BCUT2D eigenvalue weighted by molar-refractivity contribution is 7.14. The smallest absolute Gasteiger partial charge is 0.329 e. The van der Waals surface area contributed by atoms with E-state index < -0.39 is 11.2 Å². The number of nitrogens with zero attached hydrogens (tertiary/aromatic N) is 4. The standard InChI is InChI=1S/C24H24N6O4S.ClH/c1-3-10-29-21(25)20(22(31)27-23(29)32)17-13-35-24(26-17)30-18(19-5-4-11-34-19)12-16(28-30)14-6-8-15(33-2)9-7-14;/h4-9,11,13,18H,3,10,12,25H2,1-2H3,(H,27,31,32);1H. The summed E-state index contributed by atoms with van der Waals surface area (Å²) in [5.41, 5.74) is 7.54. The van der Waals surface area contributed by atoms with Crippen molar-refractivity contribution in [3.05, 3.63) is 80.2 Å². The fourth-order valence-electron chi connectivity index (χ4n) is 4.11. The van der Waals surface area contributed by atoms with Crippen molar-refractivity contribution in [1.29, 1.82) is 0 Å². The summed E-state index contributed by atoms with van der Waals surface area (Å²) in [5.74, 6) is 1.62. The number of ether oxygens (including phenoxy) is 1. The van der Waals surface area contributed by atoms with Gasteiger partial charge in [0.05, 0.1) is 24.8 Å². The quantitative estimate of drug-likeness (QED) is 0.370. The maximum atomic E-state index is 12.6. The minimum absolute atomic E-state index is 0. The van der Waals surface area contributed by atoms with Crippen LogP contribution in [-0.2, 0) is 6.54 Å². The second-order valence-corrected chi connectivity index (χ2v) is 8.88. The molecule has 5 rings (SSSR count). The molecule has 12 heteroatoms. The Hall–Kier alpha value is -3.83. The number of H-pyrrole nitrogens is 1. The second-order valence-electron chi connectivity index (χ2n) is 8.04. The van der Waals surface area contributed by atoms with Gasteiger partial charge in [0.1, 0.15) is 28.9 Å². The third-order valence-corrected chi connectivity index (χ3v) is 6.67. The highest BCUT2D eigenvalue weighted by Gasteiger charge is 2.34. The Morgan fingerprint density at radius 3 is 2.69 bits per heavy atom. The molecule has 1 aliphatic rings. The number of thiazole rings is 1. The Kier molecular flexibility index (Phi) is 7.32. The minimum Gasteiger partial charge on any atom is -0.497 e. The van der Waals surface area contributed by atoms with Crippen LogP contribution in [0.25, 0.3) is 11.3 Å². The van der Waals surface area contributed by atoms with Gasteiger partial charge in [0.25, 0.3) is 5.56 Å². The van der Waals surface area contributed by atoms with Gasteiger partial charge in [-0.25, -0.2) is 14.8 Å². The van der Waals surface area contributed by atoms with E-state index in [-0.39, 0.29) is 29.8 Å². The molecule has 0 saturated heterocycles. The first-order valence-corrected chi connectivity index (χ1v) is 12.0. The summed E-state index contributed by atoms with van der Waals surface area (Å²) < 4.78 is 12.3. The van der Waals surface area contributed by atoms with Crippen molar-refractivity contribution in [2.75, 3.05) is 17.9 Å². The molecule has 0 bridgehead atoms. The summed E-state index contributed by atoms with van der Waals surface area (Å²) >= 11 is 1.34. The number of anilines is 2. The normalized spacial score (nSPS) is 15.0. The number of halogens is 1. The van der Waals surface area contributed by atoms with E-state index in [1.807, 2.05) is 43.3 Å². The molecule has 3 aromatic heterocycles. The van der Waals surface area contributed by atoms with E-state index in [9.17, 15) is 9.59 Å². The van der Waals surface area contributed by atoms with Crippen LogP contribution in [0.2, 0.25) is 0 Å². The largest absolute Gasteiger partial charge is 0.497 e. The Bertz CT molecular complexity index is 1490. The minimum atomic E-state index is -0.567. The molecular weight excluding hydrogens is 504 g/mol. The van der Waals surface area contributed by atoms with E-state index in [2.05, 4.69) is 4.98 Å². The molecule has 3 N–H and O–H groups in total. The highest BCUT2D eigenvalue weighted by atomic mass is 35.5. The van der Waals surface area contributed by atoms with E-state index in [0.717, 1.165) is 22.8 Å². The molecule has 1 unspecified atom stereocenters. The van der Waals surface area contributed by atoms with Crippen molar-refractivity contribution in [3.63, 3.8) is 0 Å². The molecule has 36 heavy (non-hydrogen) atoms. The number of nitrogens with two attached hydrogens (primary N) is 1. The number of hydrogen-bond acceptors (Lipinski definition) is 9. The fourth-order valence-corrected chi connectivity index (χ4v) is 4.93. The zero-order valence-electron chi connectivity index (χ0n) is 19.6. The van der Waals surface area contributed by atoms with E-state index in [4.69, 9.17) is 25.0 Å². The van der Waals surface area contributed by atoms with E-state index in [1.54, 1.807) is 23.8 Å². The molecule has 4 heterocycles. The third kappa shape index (κ3) is 4.54. The summed E-state index contributed by atoms with van der Waals surface area (Å²) in [6.45, 7) is 2.33. The van der Waals surface area contributed by atoms with Crippen molar-refractivity contribution >= 4 is 40.4 Å². The Morgan fingerprint density at radius 1 is 1.25 bits per heavy atom. The van der Waals surface area contributed by atoms with Gasteiger partial charge in [0, 0.05) is 18.3 Å². The molecule has 0 radical (unpaired) electrons. The lowest BCUT2D eigenvalue weighted by Crippen LogP contribution is -2.33. The Labute approximate surface area is 216 Å². The monoisotopic (exact) mass is 528 g/mol. The predicted octanol–water partition coefficient (Wildman–Crippen LogP) is 4.03. The summed E-state index contributed by atoms with van der Waals surface area (Å²) in [6, 6.07) is 11.3. The molecular formula is C24H25ClN6O4S. The first-order chi connectivity index (χ1) is 17.0. The van der Waals surface area contributed by atoms with Crippen LogP contribution < -0.4 is 26.7 Å². The van der Waals surface area contributed by atoms with Crippen LogP contribution in [0.5, 0.6) is 5.75 Å². The van der Waals surface area contributed by atoms with Crippen molar-refractivity contribution in [2.45, 2.75) is 32.4 Å². The number of nitrogens with one attached hydrogen (secondary N) is 1. The van der Waals surface area contributed by atoms with Crippen LogP contribution in [0.15, 0.2) is 67.1 Å². The number of methoxy groups -OCH3 is 1. The maximum absolute atomic E-state index is 12.6. The van der Waals surface area contributed by atoms with E-state index >= 15 is 0 Å². The fraction of sp³-hybridized carbons (Fsp3) is 0.250. The van der Waals surface area contributed by atoms with Crippen molar-refractivity contribution in [3.8, 4) is 17.0 Å². The molecule has 0 aliphatic carbocycles. The molecule has 0 spiro atoms. The number of furan rings is 1. The molecule has 0 saturated carbocycles. The van der Waals surface area contributed by atoms with Crippen LogP contribution in [0.1, 0.15) is 37.1 Å². The molecule has 1 atom stereocenters. The van der Waals surface area contributed by atoms with Crippen LogP contribution in [-0.4, -0.2) is 27.4 Å². The molecule has 0 amide bonds. The van der Waals surface area contributed by atoms with Gasteiger partial charge in [-0.15, -0.1) is 23.7 Å². The Morgan fingerprint density at radius 2 is 2.03 bits per heavy atom. The molecule has 10 nitrogen and oxygen atoms in total. The summed E-state index contributed by atoms with van der Waals surface area (Å²) in [4.78, 5) is 31.9. The summed E-state index contributed by atoms with van der Waals surface area (Å²) in [6.07, 6.45) is 2.93. The average molecular weight is 529 g/mol. The van der Waals surface area contributed by atoms with Gasteiger partial charge in [-0.05, 0) is 48.4 Å². The third-order valence-electron chi connectivity index (χ3n) is 5.84. The predicted molar refractivity (Wildman–Crippen MR) is 142 cm³/mol. The number of nitrogen functional groups attached to an aromatic ring is 1. The number of aromatic nitrogens is 3. The lowest BCUT2D eigenvalue weighted by molar-refractivity contribution is 0.415. The van der Waals surface area contributed by atoms with Gasteiger partial charge < -0.3 is 14.9 Å². The number of aromatic amines is 1. The summed E-state index contributed by atoms with van der Waals surface area (Å²) in [7, 11) is 1.63. The van der Waals surface area contributed by atoms with E-state index in [1.165, 1.54) is 15.9 Å². The van der Waals surface area contributed by atoms with Gasteiger partial charge >= 0.3 is 5.69 Å². The number of rotatable bonds is 7. The van der Waals surface area contributed by atoms with Gasteiger partial charge in [-0.2, -0.15) is 5.10 Å². The Balaban J connectivity index is 0.00000304. The lowest BCUT2D eigenvalue weighted by Gasteiger charge is -2.18. The van der Waals surface area contributed by atoms with Crippen LogP contribution in [0.3, 0.4) is 0 Å². The SMILES string of the molecule is CCCn1c(N)c(-c2csc(N3N=C(c4ccc(OC)cc4)CC3c3ccco3)n2)c(=O)[nH]c1=O.Cl. The first kappa shape index (κ1) is 25.3. The van der Waals surface area contributed by atoms with Crippen molar-refractivity contribution in [1.82, 2.24) is 14.5 Å². The van der Waals surface area contributed by atoms with Crippen molar-refractivity contribution in [2.24, 2.45) is 5.10 Å². The van der Waals surface area contributed by atoms with Gasteiger partial charge in [-0.1, -0.05) is 6.92 Å². The molecule has 1 aromatic carbocycles. The van der Waals surface area contributed by atoms with Crippen molar-refractivity contribution < 1.29 is 9.15 Å². The highest BCUT2D eigenvalue weighted by Crippen LogP contribution is 2.39. The van der Waals surface area contributed by atoms with Crippen LogP contribution in [0.4, 0.5) is 10.9 Å². The molecule has 4 aromatic rings. The van der Waals surface area contributed by atoms with Gasteiger partial charge in [0.15, 0.2) is 0 Å². The van der Waals surface area contributed by atoms with Gasteiger partial charge in [0.2, 0.25) is 5.13 Å². The molecule has 0 fully saturated rings. The second kappa shape index (κ2) is 10.4. The average Bonchev–Trinajstić information content (AvgIpc) is 3.62. The van der Waals surface area contributed by atoms with Crippen LogP contribution >= 0.6 is 23.7 Å². The lowest BCUT2D eigenvalue weighted by atomic mass is 10.0. The maximum Gasteiger partial charge on any atom is 0.329 e. The zero-order chi connectivity index (χ0) is 24.5. The number of benzene rings is 1. The number of hydrazone groups is 1. The topological polar surface area (TPSA) is 132 Å². The van der Waals surface area contributed by atoms with E-state index in [0.29, 0.717) is 30.2 Å². The summed E-state index contributed by atoms with van der Waals surface area (Å²) in [5, 5.41) is 8.99. The van der Waals surface area contributed by atoms with Gasteiger partial charge in [-0.3, -0.25) is 14.3 Å². The zero-order valence-corrected chi connectivity index (χ0v) is 21.3. The molecule has 1 aliphatic heterocycles.